The summed E-state index contributed by atoms with van der Waals surface area (Å²) in [5.41, 5.74) is 1.64. The fraction of sp³-hybridized carbons (Fsp3) is 0.222. The Balaban J connectivity index is 2.78. The van der Waals surface area contributed by atoms with Crippen molar-refractivity contribution in [2.45, 2.75) is 6.92 Å². The lowest BCUT2D eigenvalue weighted by molar-refractivity contribution is 0.101. The minimum Gasteiger partial charge on any atom is -0.372 e. The number of anilines is 1. The van der Waals surface area contributed by atoms with Gasteiger partial charge in [-0.25, -0.2) is 0 Å². The Labute approximate surface area is 76.5 Å². The molecule has 1 rings (SSSR count). The van der Waals surface area contributed by atoms with Gasteiger partial charge in [-0.3, -0.25) is 4.79 Å². The quantitative estimate of drug-likeness (QED) is 0.443. The van der Waals surface area contributed by atoms with Crippen molar-refractivity contribution in [2.75, 3.05) is 11.3 Å². The summed E-state index contributed by atoms with van der Waals surface area (Å²) in [5.74, 6) is 0.0763. The van der Waals surface area contributed by atoms with E-state index in [-0.39, 0.29) is 5.78 Å². The highest BCUT2D eigenvalue weighted by Crippen LogP contribution is 2.09. The van der Waals surface area contributed by atoms with Gasteiger partial charge in [0, 0.05) is 11.3 Å². The summed E-state index contributed by atoms with van der Waals surface area (Å²) in [6, 6.07) is 7.59. The molecule has 0 aliphatic rings. The van der Waals surface area contributed by atoms with Crippen molar-refractivity contribution in [3.8, 4) is 0 Å². The van der Waals surface area contributed by atoms with Crippen LogP contribution in [0.4, 0.5) is 5.69 Å². The van der Waals surface area contributed by atoms with Crippen molar-refractivity contribution in [2.24, 2.45) is 0 Å². The number of hydrogen-bond donors (Lipinski definition) is 1. The number of carbonyl (C=O) groups excluding carboxylic acids is 1. The first kappa shape index (κ1) is 9.07. The molecule has 2 nitrogen and oxygen atoms in total. The van der Waals surface area contributed by atoms with E-state index < -0.39 is 0 Å². The summed E-state index contributed by atoms with van der Waals surface area (Å²) in [6.45, 7) is 1.55. The lowest BCUT2D eigenvalue weighted by Crippen LogP contribution is -1.95. The van der Waals surface area contributed by atoms with Crippen molar-refractivity contribution in [1.82, 2.24) is 0 Å². The lowest BCUT2D eigenvalue weighted by Gasteiger charge is -2.01. The minimum absolute atomic E-state index is 0.0763. The molecule has 12 heavy (non-hydrogen) atoms. The van der Waals surface area contributed by atoms with Crippen LogP contribution in [0.25, 0.3) is 0 Å². The first-order valence-corrected chi connectivity index (χ1v) is 4.18. The summed E-state index contributed by atoms with van der Waals surface area (Å²) in [6.07, 6.45) is 0. The number of benzene rings is 1. The number of alkyl halides is 1. The first-order valence-electron chi connectivity index (χ1n) is 3.65. The van der Waals surface area contributed by atoms with Gasteiger partial charge >= 0.3 is 0 Å². The molecular formula is C9H10ClNO. The van der Waals surface area contributed by atoms with Crippen molar-refractivity contribution < 1.29 is 4.79 Å². The van der Waals surface area contributed by atoms with Gasteiger partial charge in [0.25, 0.3) is 0 Å². The molecule has 0 saturated carbocycles. The van der Waals surface area contributed by atoms with Gasteiger partial charge in [0.1, 0.15) is 0 Å². The monoisotopic (exact) mass is 183 g/mol. The molecule has 3 heteroatoms. The van der Waals surface area contributed by atoms with Crippen LogP contribution < -0.4 is 5.32 Å². The predicted octanol–water partition coefficient (Wildman–Crippen LogP) is 2.50. The number of hydrogen-bond acceptors (Lipinski definition) is 2. The normalized spacial score (nSPS) is 9.50. The Kier molecular flexibility index (Phi) is 3.11. The summed E-state index contributed by atoms with van der Waals surface area (Å²) in [7, 11) is 0. The SMILES string of the molecule is CC(=O)c1ccc(NCCl)cc1. The summed E-state index contributed by atoms with van der Waals surface area (Å²) in [4.78, 5) is 10.9. The topological polar surface area (TPSA) is 29.1 Å². The Morgan fingerprint density at radius 1 is 1.42 bits per heavy atom. The van der Waals surface area contributed by atoms with Gasteiger partial charge in [-0.2, -0.15) is 0 Å². The summed E-state index contributed by atoms with van der Waals surface area (Å²) in [5, 5.41) is 2.93. The van der Waals surface area contributed by atoms with E-state index in [1.165, 1.54) is 0 Å². The second kappa shape index (κ2) is 4.12. The second-order valence-electron chi connectivity index (χ2n) is 2.44. The molecule has 0 atom stereocenters. The standard InChI is InChI=1S/C9H10ClNO/c1-7(12)8-2-4-9(5-3-8)11-6-10/h2-5,11H,6H2,1H3. The Morgan fingerprint density at radius 2 is 2.00 bits per heavy atom. The molecule has 0 aliphatic carbocycles. The van der Waals surface area contributed by atoms with Crippen molar-refractivity contribution in [1.29, 1.82) is 0 Å². The van der Waals surface area contributed by atoms with Gasteiger partial charge < -0.3 is 5.32 Å². The Morgan fingerprint density at radius 3 is 2.42 bits per heavy atom. The van der Waals surface area contributed by atoms with E-state index in [2.05, 4.69) is 5.32 Å². The third-order valence-electron chi connectivity index (χ3n) is 1.56. The average molecular weight is 184 g/mol. The van der Waals surface area contributed by atoms with Crippen molar-refractivity contribution >= 4 is 23.1 Å². The van der Waals surface area contributed by atoms with Crippen LogP contribution in [0, 0.1) is 0 Å². The van der Waals surface area contributed by atoms with E-state index in [0.29, 0.717) is 6.00 Å². The maximum absolute atomic E-state index is 10.9. The van der Waals surface area contributed by atoms with E-state index in [0.717, 1.165) is 11.3 Å². The van der Waals surface area contributed by atoms with Crippen molar-refractivity contribution in [3.05, 3.63) is 29.8 Å². The lowest BCUT2D eigenvalue weighted by atomic mass is 10.1. The number of rotatable bonds is 3. The van der Waals surface area contributed by atoms with Gasteiger partial charge in [-0.1, -0.05) is 0 Å². The molecule has 0 amide bonds. The number of carbonyl (C=O) groups is 1. The molecule has 1 aromatic rings. The van der Waals surface area contributed by atoms with E-state index >= 15 is 0 Å². The van der Waals surface area contributed by atoms with Crippen LogP contribution in [0.1, 0.15) is 17.3 Å². The largest absolute Gasteiger partial charge is 0.372 e. The number of ketones is 1. The molecule has 0 radical (unpaired) electrons. The van der Waals surface area contributed by atoms with Gasteiger partial charge in [0.15, 0.2) is 5.78 Å². The van der Waals surface area contributed by atoms with E-state index in [4.69, 9.17) is 11.6 Å². The first-order chi connectivity index (χ1) is 5.74. The molecule has 0 heterocycles. The van der Waals surface area contributed by atoms with E-state index in [1.54, 1.807) is 19.1 Å². The zero-order valence-electron chi connectivity index (χ0n) is 6.80. The predicted molar refractivity (Wildman–Crippen MR) is 50.8 cm³/mol. The van der Waals surface area contributed by atoms with Crippen molar-refractivity contribution in [3.63, 3.8) is 0 Å². The van der Waals surface area contributed by atoms with Crippen LogP contribution in [0.15, 0.2) is 24.3 Å². The minimum atomic E-state index is 0.0763. The molecule has 0 bridgehead atoms. The van der Waals surface area contributed by atoms with Crippen LogP contribution in [0.5, 0.6) is 0 Å². The van der Waals surface area contributed by atoms with Gasteiger partial charge in [-0.15, -0.1) is 11.6 Å². The Bertz CT molecular complexity index is 268. The molecule has 0 aromatic heterocycles. The average Bonchev–Trinajstić information content (AvgIpc) is 2.06. The summed E-state index contributed by atoms with van der Waals surface area (Å²) < 4.78 is 0. The third kappa shape index (κ3) is 2.24. The maximum Gasteiger partial charge on any atom is 0.159 e. The van der Waals surface area contributed by atoms with Crippen LogP contribution in [0.3, 0.4) is 0 Å². The van der Waals surface area contributed by atoms with Crippen LogP contribution in [-0.4, -0.2) is 11.8 Å². The third-order valence-corrected chi connectivity index (χ3v) is 1.70. The number of nitrogens with one attached hydrogen (secondary N) is 1. The van der Waals surface area contributed by atoms with Gasteiger partial charge in [0.05, 0.1) is 6.00 Å². The molecule has 64 valence electrons. The fourth-order valence-corrected chi connectivity index (χ4v) is 1.05. The molecule has 0 aliphatic heterocycles. The summed E-state index contributed by atoms with van der Waals surface area (Å²) >= 11 is 5.46. The second-order valence-corrected chi connectivity index (χ2v) is 2.71. The maximum atomic E-state index is 10.9. The molecule has 1 N–H and O–H groups in total. The molecule has 0 spiro atoms. The molecule has 0 fully saturated rings. The van der Waals surface area contributed by atoms with E-state index in [9.17, 15) is 4.79 Å². The molecule has 0 unspecified atom stereocenters. The van der Waals surface area contributed by atoms with Gasteiger partial charge in [0.2, 0.25) is 0 Å². The molecular weight excluding hydrogens is 174 g/mol. The van der Waals surface area contributed by atoms with Crippen LogP contribution in [-0.2, 0) is 0 Å². The Hall–Kier alpha value is -1.02. The number of Topliss-reactive ketones (excluding diaryl/α,β-unsaturated/α-hetero) is 1. The zero-order valence-corrected chi connectivity index (χ0v) is 7.56. The zero-order chi connectivity index (χ0) is 8.97. The van der Waals surface area contributed by atoms with Crippen LogP contribution in [0.2, 0.25) is 0 Å². The molecule has 1 aromatic carbocycles. The van der Waals surface area contributed by atoms with Crippen LogP contribution >= 0.6 is 11.6 Å². The fourth-order valence-electron chi connectivity index (χ4n) is 0.900. The highest BCUT2D eigenvalue weighted by molar-refractivity contribution is 6.18. The smallest absolute Gasteiger partial charge is 0.159 e. The van der Waals surface area contributed by atoms with E-state index in [1.807, 2.05) is 12.1 Å². The highest BCUT2D eigenvalue weighted by atomic mass is 35.5. The molecule has 0 saturated heterocycles. The highest BCUT2D eigenvalue weighted by Gasteiger charge is 1.97. The van der Waals surface area contributed by atoms with Gasteiger partial charge in [-0.05, 0) is 31.2 Å². The number of halogens is 1.